The second-order valence-corrected chi connectivity index (χ2v) is 7.35. The molecule has 0 saturated heterocycles. The zero-order valence-electron chi connectivity index (χ0n) is 17.5. The molecule has 0 bridgehead atoms. The molecule has 0 fully saturated rings. The van der Waals surface area contributed by atoms with E-state index in [1.54, 1.807) is 25.1 Å². The Hall–Kier alpha value is -3.52. The average molecular weight is 423 g/mol. The van der Waals surface area contributed by atoms with Crippen LogP contribution in [0.4, 0.5) is 4.79 Å². The van der Waals surface area contributed by atoms with Crippen molar-refractivity contribution >= 4 is 12.0 Å². The van der Waals surface area contributed by atoms with Crippen molar-refractivity contribution in [1.82, 2.24) is 16.0 Å². The Kier molecular flexibility index (Phi) is 6.08. The van der Waals surface area contributed by atoms with E-state index in [1.165, 1.54) is 5.56 Å². The van der Waals surface area contributed by atoms with Crippen LogP contribution in [0.2, 0.25) is 0 Å². The number of aryl methyl sites for hydroxylation is 1. The molecule has 0 saturated carbocycles. The second-order valence-electron chi connectivity index (χ2n) is 7.35. The second kappa shape index (κ2) is 9.09. The number of amides is 2. The summed E-state index contributed by atoms with van der Waals surface area (Å²) in [4.78, 5) is 25.2. The first kappa shape index (κ1) is 20.7. The molecular weight excluding hydrogens is 398 g/mol. The molecule has 4 rings (SSSR count). The highest BCUT2D eigenvalue weighted by atomic mass is 16.7. The van der Waals surface area contributed by atoms with Crippen molar-refractivity contribution in [3.05, 3.63) is 70.4 Å². The molecule has 2 aliphatic rings. The first-order valence-corrected chi connectivity index (χ1v) is 10.2. The number of fused-ring (bicyclic) bond motifs is 1. The van der Waals surface area contributed by atoms with Gasteiger partial charge in [0, 0.05) is 18.8 Å². The molecule has 3 N–H and O–H groups in total. The van der Waals surface area contributed by atoms with Crippen molar-refractivity contribution in [3.8, 4) is 11.5 Å². The molecule has 2 heterocycles. The van der Waals surface area contributed by atoms with Crippen molar-refractivity contribution in [2.45, 2.75) is 26.4 Å². The zero-order valence-corrected chi connectivity index (χ0v) is 17.5. The predicted octanol–water partition coefficient (Wildman–Crippen LogP) is 2.68. The van der Waals surface area contributed by atoms with Crippen LogP contribution < -0.4 is 25.4 Å². The summed E-state index contributed by atoms with van der Waals surface area (Å²) in [5.41, 5.74) is 3.84. The van der Waals surface area contributed by atoms with Gasteiger partial charge in [0.1, 0.15) is 0 Å². The summed E-state index contributed by atoms with van der Waals surface area (Å²) in [7, 11) is 0. The van der Waals surface area contributed by atoms with Crippen molar-refractivity contribution in [3.63, 3.8) is 0 Å². The van der Waals surface area contributed by atoms with E-state index in [2.05, 4.69) is 16.0 Å². The number of benzene rings is 2. The summed E-state index contributed by atoms with van der Waals surface area (Å²) in [6, 6.07) is 12.5. The third-order valence-corrected chi connectivity index (χ3v) is 5.13. The highest BCUT2D eigenvalue weighted by Crippen LogP contribution is 2.37. The predicted molar refractivity (Wildman–Crippen MR) is 114 cm³/mol. The molecule has 0 radical (unpaired) electrons. The van der Waals surface area contributed by atoms with Crippen LogP contribution in [0.1, 0.15) is 29.7 Å². The molecule has 162 valence electrons. The quantitative estimate of drug-likeness (QED) is 0.593. The van der Waals surface area contributed by atoms with Gasteiger partial charge in [-0.15, -0.1) is 0 Å². The molecule has 2 amide bonds. The maximum Gasteiger partial charge on any atom is 0.338 e. The standard InChI is InChI=1S/C23H25N3O5/c1-3-29-22(27)20-17(12-24-11-15-6-4-14(2)5-7-15)25-23(28)26-21(20)16-8-9-18-19(10-16)31-13-30-18/h4-10,21,24H,3,11-13H2,1-2H3,(H2,25,26,28). The van der Waals surface area contributed by atoms with Gasteiger partial charge in [0.15, 0.2) is 11.5 Å². The van der Waals surface area contributed by atoms with E-state index in [0.29, 0.717) is 41.4 Å². The number of carbonyl (C=O) groups is 2. The van der Waals surface area contributed by atoms with Gasteiger partial charge >= 0.3 is 12.0 Å². The van der Waals surface area contributed by atoms with E-state index in [4.69, 9.17) is 14.2 Å². The third kappa shape index (κ3) is 4.64. The van der Waals surface area contributed by atoms with Crippen LogP contribution in [0.25, 0.3) is 0 Å². The van der Waals surface area contributed by atoms with Gasteiger partial charge in [-0.05, 0) is 37.1 Å². The first-order chi connectivity index (χ1) is 15.0. The van der Waals surface area contributed by atoms with E-state index in [1.807, 2.05) is 31.2 Å². The number of hydrogen-bond donors (Lipinski definition) is 3. The number of ether oxygens (including phenoxy) is 3. The highest BCUT2D eigenvalue weighted by Gasteiger charge is 2.34. The summed E-state index contributed by atoms with van der Waals surface area (Å²) < 4.78 is 16.1. The van der Waals surface area contributed by atoms with Gasteiger partial charge in [-0.3, -0.25) is 0 Å². The van der Waals surface area contributed by atoms with Gasteiger partial charge in [-0.1, -0.05) is 35.9 Å². The molecule has 8 nitrogen and oxygen atoms in total. The van der Waals surface area contributed by atoms with Crippen LogP contribution in [-0.4, -0.2) is 31.9 Å². The van der Waals surface area contributed by atoms with E-state index < -0.39 is 12.0 Å². The Morgan fingerprint density at radius 2 is 1.90 bits per heavy atom. The zero-order chi connectivity index (χ0) is 21.8. The fourth-order valence-corrected chi connectivity index (χ4v) is 3.59. The number of hydrogen-bond acceptors (Lipinski definition) is 6. The normalized spacial score (nSPS) is 17.2. The van der Waals surface area contributed by atoms with Crippen LogP contribution in [0.15, 0.2) is 53.7 Å². The fourth-order valence-electron chi connectivity index (χ4n) is 3.59. The maximum atomic E-state index is 12.8. The Morgan fingerprint density at radius 1 is 1.13 bits per heavy atom. The summed E-state index contributed by atoms with van der Waals surface area (Å²) in [6.45, 7) is 5.06. The molecule has 1 atom stereocenters. The Morgan fingerprint density at radius 3 is 2.68 bits per heavy atom. The van der Waals surface area contributed by atoms with E-state index in [9.17, 15) is 9.59 Å². The van der Waals surface area contributed by atoms with Crippen LogP contribution in [0.5, 0.6) is 11.5 Å². The number of urea groups is 1. The van der Waals surface area contributed by atoms with Gasteiger partial charge in [0.05, 0.1) is 18.2 Å². The van der Waals surface area contributed by atoms with Gasteiger partial charge in [-0.25, -0.2) is 9.59 Å². The smallest absolute Gasteiger partial charge is 0.338 e. The van der Waals surface area contributed by atoms with Gasteiger partial charge in [0.2, 0.25) is 6.79 Å². The molecule has 2 aromatic carbocycles. The number of carbonyl (C=O) groups excluding carboxylic acids is 2. The van der Waals surface area contributed by atoms with E-state index >= 15 is 0 Å². The van der Waals surface area contributed by atoms with Crippen molar-refractivity contribution in [2.24, 2.45) is 0 Å². The summed E-state index contributed by atoms with van der Waals surface area (Å²) in [5, 5.41) is 8.89. The topological polar surface area (TPSA) is 97.9 Å². The lowest BCUT2D eigenvalue weighted by atomic mass is 9.94. The van der Waals surface area contributed by atoms with Crippen molar-refractivity contribution in [1.29, 1.82) is 0 Å². The number of esters is 1. The number of nitrogens with one attached hydrogen (secondary N) is 3. The third-order valence-electron chi connectivity index (χ3n) is 5.13. The molecule has 8 heteroatoms. The summed E-state index contributed by atoms with van der Waals surface area (Å²) >= 11 is 0. The largest absolute Gasteiger partial charge is 0.463 e. The fraction of sp³-hybridized carbons (Fsp3) is 0.304. The van der Waals surface area contributed by atoms with Gasteiger partial charge in [-0.2, -0.15) is 0 Å². The lowest BCUT2D eigenvalue weighted by Gasteiger charge is -2.29. The molecule has 31 heavy (non-hydrogen) atoms. The SMILES string of the molecule is CCOC(=O)C1=C(CNCc2ccc(C)cc2)NC(=O)NC1c1ccc2c(c1)OCO2. The molecule has 0 aliphatic carbocycles. The molecule has 1 unspecified atom stereocenters. The number of rotatable bonds is 7. The Labute approximate surface area is 180 Å². The molecule has 2 aliphatic heterocycles. The first-order valence-electron chi connectivity index (χ1n) is 10.2. The monoisotopic (exact) mass is 423 g/mol. The lowest BCUT2D eigenvalue weighted by molar-refractivity contribution is -0.139. The molecule has 0 aromatic heterocycles. The van der Waals surface area contributed by atoms with Crippen LogP contribution in [-0.2, 0) is 16.1 Å². The maximum absolute atomic E-state index is 12.8. The van der Waals surface area contributed by atoms with Crippen LogP contribution in [0, 0.1) is 6.92 Å². The summed E-state index contributed by atoms with van der Waals surface area (Å²) in [5.74, 6) is 0.725. The van der Waals surface area contributed by atoms with Crippen molar-refractivity contribution < 1.29 is 23.8 Å². The van der Waals surface area contributed by atoms with Crippen LogP contribution >= 0.6 is 0 Å². The van der Waals surface area contributed by atoms with E-state index in [-0.39, 0.29) is 19.4 Å². The minimum absolute atomic E-state index is 0.145. The Bertz CT molecular complexity index is 1020. The van der Waals surface area contributed by atoms with E-state index in [0.717, 1.165) is 5.56 Å². The van der Waals surface area contributed by atoms with Crippen LogP contribution in [0.3, 0.4) is 0 Å². The van der Waals surface area contributed by atoms with Gasteiger partial charge in [0.25, 0.3) is 0 Å². The highest BCUT2D eigenvalue weighted by molar-refractivity contribution is 5.95. The van der Waals surface area contributed by atoms with Gasteiger partial charge < -0.3 is 30.2 Å². The molecule has 2 aromatic rings. The molecular formula is C23H25N3O5. The lowest BCUT2D eigenvalue weighted by Crippen LogP contribution is -2.48. The minimum atomic E-state index is -0.668. The summed E-state index contributed by atoms with van der Waals surface area (Å²) in [6.07, 6.45) is 0. The Balaban J connectivity index is 1.61. The minimum Gasteiger partial charge on any atom is -0.463 e. The van der Waals surface area contributed by atoms with Crippen molar-refractivity contribution in [2.75, 3.05) is 19.9 Å². The average Bonchev–Trinajstić information content (AvgIpc) is 3.23. The molecule has 0 spiro atoms.